The summed E-state index contributed by atoms with van der Waals surface area (Å²) in [7, 11) is 0. The van der Waals surface area contributed by atoms with Gasteiger partial charge in [0.2, 0.25) is 0 Å². The van der Waals surface area contributed by atoms with Crippen molar-refractivity contribution in [2.75, 3.05) is 6.26 Å². The quantitative estimate of drug-likeness (QED) is 0.719. The van der Waals surface area contributed by atoms with E-state index in [1.165, 1.54) is 21.6 Å². The standard InChI is InChI=1S/C16H19NS/c1-16(2,3)13-7-5-12(6-8-13)14-9-10-17-11-15(14)18-4/h5-11H,1-4H3. The fourth-order valence-corrected chi connectivity index (χ4v) is 2.50. The summed E-state index contributed by atoms with van der Waals surface area (Å²) < 4.78 is 0. The Bertz CT molecular complexity index is 524. The Morgan fingerprint density at radius 3 is 2.22 bits per heavy atom. The van der Waals surface area contributed by atoms with E-state index in [2.05, 4.69) is 62.3 Å². The normalized spacial score (nSPS) is 11.6. The molecule has 1 aromatic heterocycles. The first kappa shape index (κ1) is 13.2. The SMILES string of the molecule is CSc1cnccc1-c1ccc(C(C)(C)C)cc1. The number of rotatable bonds is 2. The van der Waals surface area contributed by atoms with Gasteiger partial charge in [0.25, 0.3) is 0 Å². The van der Waals surface area contributed by atoms with Crippen molar-refractivity contribution in [2.45, 2.75) is 31.1 Å². The van der Waals surface area contributed by atoms with E-state index in [1.54, 1.807) is 11.8 Å². The number of hydrogen-bond acceptors (Lipinski definition) is 2. The number of pyridine rings is 1. The van der Waals surface area contributed by atoms with Gasteiger partial charge in [-0.3, -0.25) is 4.98 Å². The molecule has 2 rings (SSSR count). The zero-order chi connectivity index (χ0) is 13.2. The second-order valence-corrected chi connectivity index (χ2v) is 6.25. The Morgan fingerprint density at radius 1 is 1.00 bits per heavy atom. The fraction of sp³-hybridized carbons (Fsp3) is 0.312. The first-order chi connectivity index (χ1) is 8.52. The van der Waals surface area contributed by atoms with Gasteiger partial charge in [-0.05, 0) is 34.4 Å². The second-order valence-electron chi connectivity index (χ2n) is 5.40. The third-order valence-electron chi connectivity index (χ3n) is 3.07. The minimum absolute atomic E-state index is 0.207. The molecule has 0 N–H and O–H groups in total. The molecule has 2 aromatic rings. The van der Waals surface area contributed by atoms with Crippen molar-refractivity contribution in [2.24, 2.45) is 0 Å². The summed E-state index contributed by atoms with van der Waals surface area (Å²) in [4.78, 5) is 5.40. The molecule has 0 radical (unpaired) electrons. The smallest absolute Gasteiger partial charge is 0.0410 e. The summed E-state index contributed by atoms with van der Waals surface area (Å²) in [6, 6.07) is 10.9. The van der Waals surface area contributed by atoms with E-state index in [-0.39, 0.29) is 5.41 Å². The Morgan fingerprint density at radius 2 is 1.67 bits per heavy atom. The van der Waals surface area contributed by atoms with E-state index in [9.17, 15) is 0 Å². The third kappa shape index (κ3) is 2.75. The van der Waals surface area contributed by atoms with Gasteiger partial charge in [0.05, 0.1) is 0 Å². The van der Waals surface area contributed by atoms with Crippen LogP contribution in [0, 0.1) is 0 Å². The Kier molecular flexibility index (Phi) is 3.76. The highest BCUT2D eigenvalue weighted by Gasteiger charge is 2.13. The van der Waals surface area contributed by atoms with Crippen LogP contribution in [0.5, 0.6) is 0 Å². The maximum absolute atomic E-state index is 4.18. The van der Waals surface area contributed by atoms with Crippen LogP contribution in [-0.2, 0) is 5.41 Å². The van der Waals surface area contributed by atoms with Crippen LogP contribution in [0.4, 0.5) is 0 Å². The van der Waals surface area contributed by atoms with Crippen molar-refractivity contribution >= 4 is 11.8 Å². The Labute approximate surface area is 114 Å². The van der Waals surface area contributed by atoms with Gasteiger partial charge in [-0.2, -0.15) is 0 Å². The van der Waals surface area contributed by atoms with Gasteiger partial charge in [0.15, 0.2) is 0 Å². The average Bonchev–Trinajstić information content (AvgIpc) is 2.38. The minimum atomic E-state index is 0.207. The van der Waals surface area contributed by atoms with Gasteiger partial charge in [-0.25, -0.2) is 0 Å². The van der Waals surface area contributed by atoms with E-state index in [0.29, 0.717) is 0 Å². The number of hydrogen-bond donors (Lipinski definition) is 0. The lowest BCUT2D eigenvalue weighted by molar-refractivity contribution is 0.590. The van der Waals surface area contributed by atoms with Crippen LogP contribution in [0.25, 0.3) is 11.1 Å². The summed E-state index contributed by atoms with van der Waals surface area (Å²) in [6.45, 7) is 6.71. The van der Waals surface area contributed by atoms with E-state index in [1.807, 2.05) is 12.4 Å². The van der Waals surface area contributed by atoms with Gasteiger partial charge in [-0.15, -0.1) is 11.8 Å². The molecule has 0 aliphatic rings. The van der Waals surface area contributed by atoms with Crippen LogP contribution in [0.15, 0.2) is 47.6 Å². The predicted molar refractivity (Wildman–Crippen MR) is 80.2 cm³/mol. The van der Waals surface area contributed by atoms with E-state index < -0.39 is 0 Å². The summed E-state index contributed by atoms with van der Waals surface area (Å²) >= 11 is 1.74. The van der Waals surface area contributed by atoms with Crippen LogP contribution in [0.1, 0.15) is 26.3 Å². The molecule has 1 aromatic carbocycles. The molecule has 0 amide bonds. The lowest BCUT2D eigenvalue weighted by Gasteiger charge is -2.19. The van der Waals surface area contributed by atoms with Gasteiger partial charge < -0.3 is 0 Å². The van der Waals surface area contributed by atoms with Crippen molar-refractivity contribution in [3.05, 3.63) is 48.3 Å². The lowest BCUT2D eigenvalue weighted by Crippen LogP contribution is -2.10. The number of nitrogens with zero attached hydrogens (tertiary/aromatic N) is 1. The van der Waals surface area contributed by atoms with Crippen LogP contribution in [0.3, 0.4) is 0 Å². The molecule has 0 aliphatic heterocycles. The first-order valence-electron chi connectivity index (χ1n) is 6.11. The molecule has 0 unspecified atom stereocenters. The Hall–Kier alpha value is -1.28. The fourth-order valence-electron chi connectivity index (χ4n) is 1.93. The Balaban J connectivity index is 2.41. The van der Waals surface area contributed by atoms with Gasteiger partial charge in [0, 0.05) is 17.3 Å². The van der Waals surface area contributed by atoms with Crippen molar-refractivity contribution < 1.29 is 0 Å². The highest BCUT2D eigenvalue weighted by Crippen LogP contribution is 2.31. The molecule has 18 heavy (non-hydrogen) atoms. The molecule has 0 atom stereocenters. The highest BCUT2D eigenvalue weighted by atomic mass is 32.2. The van der Waals surface area contributed by atoms with Crippen molar-refractivity contribution in [3.8, 4) is 11.1 Å². The zero-order valence-electron chi connectivity index (χ0n) is 11.4. The molecule has 0 bridgehead atoms. The molecular formula is C16H19NS. The van der Waals surface area contributed by atoms with Gasteiger partial charge in [-0.1, -0.05) is 45.0 Å². The van der Waals surface area contributed by atoms with E-state index >= 15 is 0 Å². The van der Waals surface area contributed by atoms with Gasteiger partial charge >= 0.3 is 0 Å². The molecule has 94 valence electrons. The maximum Gasteiger partial charge on any atom is 0.0410 e. The van der Waals surface area contributed by atoms with Crippen molar-refractivity contribution in [1.29, 1.82) is 0 Å². The highest BCUT2D eigenvalue weighted by molar-refractivity contribution is 7.98. The van der Waals surface area contributed by atoms with Crippen LogP contribution in [0.2, 0.25) is 0 Å². The minimum Gasteiger partial charge on any atom is -0.264 e. The second kappa shape index (κ2) is 5.15. The lowest BCUT2D eigenvalue weighted by atomic mass is 9.86. The molecule has 2 heteroatoms. The molecule has 0 saturated heterocycles. The molecule has 1 nitrogen and oxygen atoms in total. The van der Waals surface area contributed by atoms with Crippen molar-refractivity contribution in [1.82, 2.24) is 4.98 Å². The molecular weight excluding hydrogens is 238 g/mol. The summed E-state index contributed by atoms with van der Waals surface area (Å²) in [5.41, 5.74) is 4.10. The number of aromatic nitrogens is 1. The van der Waals surface area contributed by atoms with Crippen LogP contribution >= 0.6 is 11.8 Å². The van der Waals surface area contributed by atoms with E-state index in [4.69, 9.17) is 0 Å². The number of thioether (sulfide) groups is 1. The van der Waals surface area contributed by atoms with Crippen LogP contribution < -0.4 is 0 Å². The third-order valence-corrected chi connectivity index (χ3v) is 3.83. The van der Waals surface area contributed by atoms with Gasteiger partial charge in [0.1, 0.15) is 0 Å². The summed E-state index contributed by atoms with van der Waals surface area (Å²) in [6.07, 6.45) is 5.87. The average molecular weight is 257 g/mol. The van der Waals surface area contributed by atoms with E-state index in [0.717, 1.165) is 0 Å². The summed E-state index contributed by atoms with van der Waals surface area (Å²) in [5, 5.41) is 0. The largest absolute Gasteiger partial charge is 0.264 e. The predicted octanol–water partition coefficient (Wildman–Crippen LogP) is 4.77. The van der Waals surface area contributed by atoms with Crippen LogP contribution in [-0.4, -0.2) is 11.2 Å². The number of benzene rings is 1. The maximum atomic E-state index is 4.18. The summed E-state index contributed by atoms with van der Waals surface area (Å²) in [5.74, 6) is 0. The molecule has 0 fully saturated rings. The molecule has 0 saturated carbocycles. The molecule has 0 spiro atoms. The topological polar surface area (TPSA) is 12.9 Å². The van der Waals surface area contributed by atoms with Crippen molar-refractivity contribution in [3.63, 3.8) is 0 Å². The first-order valence-corrected chi connectivity index (χ1v) is 7.34. The monoisotopic (exact) mass is 257 g/mol. The molecule has 0 aliphatic carbocycles. The zero-order valence-corrected chi connectivity index (χ0v) is 12.2. The molecule has 1 heterocycles.